The maximum absolute atomic E-state index is 16.1. The maximum atomic E-state index is 16.1. The molecule has 3 saturated heterocycles. The van der Waals surface area contributed by atoms with Gasteiger partial charge in [0.15, 0.2) is 25.0 Å². The predicted octanol–water partition coefficient (Wildman–Crippen LogP) is -4.39. The van der Waals surface area contributed by atoms with Crippen molar-refractivity contribution >= 4 is 0 Å². The Morgan fingerprint density at radius 1 is 0.659 bits per heavy atom. The first-order valence-corrected chi connectivity index (χ1v) is 14.3. The summed E-state index contributed by atoms with van der Waals surface area (Å²) < 4.78 is 55.8. The first-order chi connectivity index (χ1) is 21.1. The molecule has 44 heavy (non-hydrogen) atoms. The lowest BCUT2D eigenvalue weighted by Gasteiger charge is -2.47. The van der Waals surface area contributed by atoms with E-state index in [1.54, 1.807) is 30.3 Å². The topological polar surface area (TPSA) is 252 Å². The van der Waals surface area contributed by atoms with Crippen molar-refractivity contribution in [2.24, 2.45) is 5.73 Å². The van der Waals surface area contributed by atoms with Crippen molar-refractivity contribution < 1.29 is 78.4 Å². The molecule has 252 valence electrons. The van der Waals surface area contributed by atoms with Gasteiger partial charge in [-0.2, -0.15) is 0 Å². The van der Waals surface area contributed by atoms with Gasteiger partial charge < -0.3 is 79.7 Å². The number of aliphatic hydroxyl groups is 8. The Bertz CT molecular complexity index is 982. The molecule has 0 saturated carbocycles. The molecule has 4 rings (SSSR count). The molecule has 0 spiro atoms. The van der Waals surface area contributed by atoms with Crippen molar-refractivity contribution in [3.8, 4) is 0 Å². The number of rotatable bonds is 13. The highest BCUT2D eigenvalue weighted by Crippen LogP contribution is 2.34. The van der Waals surface area contributed by atoms with Gasteiger partial charge in [0.05, 0.1) is 33.0 Å². The Balaban J connectivity index is 1.60. The zero-order chi connectivity index (χ0) is 32.0. The second kappa shape index (κ2) is 16.4. The zero-order valence-electron chi connectivity index (χ0n) is 23.7. The van der Waals surface area contributed by atoms with Crippen molar-refractivity contribution in [2.75, 3.05) is 33.0 Å². The van der Waals surface area contributed by atoms with E-state index in [0.717, 1.165) is 0 Å². The normalized spacial score (nSPS) is 43.2. The molecule has 3 heterocycles. The highest BCUT2D eigenvalue weighted by molar-refractivity contribution is 5.13. The van der Waals surface area contributed by atoms with Crippen LogP contribution < -0.4 is 5.73 Å². The smallest absolute Gasteiger partial charge is 0.192 e. The summed E-state index contributed by atoms with van der Waals surface area (Å²) in [7, 11) is 0. The van der Waals surface area contributed by atoms with Crippen molar-refractivity contribution in [2.45, 2.75) is 98.8 Å². The molecule has 10 N–H and O–H groups in total. The van der Waals surface area contributed by atoms with Crippen LogP contribution in [0.3, 0.4) is 0 Å². The largest absolute Gasteiger partial charge is 0.394 e. The fourth-order valence-corrected chi connectivity index (χ4v) is 5.17. The van der Waals surface area contributed by atoms with E-state index in [9.17, 15) is 40.9 Å². The van der Waals surface area contributed by atoms with Crippen molar-refractivity contribution in [3.05, 3.63) is 35.9 Å². The summed E-state index contributed by atoms with van der Waals surface area (Å²) in [4.78, 5) is 0. The molecule has 3 fully saturated rings. The lowest BCUT2D eigenvalue weighted by atomic mass is 9.97. The molecule has 17 heteroatoms. The minimum atomic E-state index is -2.10. The molecule has 16 nitrogen and oxygen atoms in total. The SMILES string of the molecule is NCCO[C@@H]1O[C@H](CO[C@H]2O[C@H](CO)[C@@H](O)[C@H](O)[C@@H]2O)[C@@H](OCc2ccccc2)[C@H](O[C@H]2O[C@H](CO)[C@@H](O)[C@H](O)[C@@H]2O)[C@H]1F. The third-order valence-corrected chi connectivity index (χ3v) is 7.67. The van der Waals surface area contributed by atoms with Gasteiger partial charge >= 0.3 is 0 Å². The van der Waals surface area contributed by atoms with Gasteiger partial charge in [-0.1, -0.05) is 30.3 Å². The van der Waals surface area contributed by atoms with Gasteiger partial charge in [0.2, 0.25) is 0 Å². The second-order valence-electron chi connectivity index (χ2n) is 10.7. The monoisotopic (exact) mass is 639 g/mol. The van der Waals surface area contributed by atoms with E-state index in [1.807, 2.05) is 0 Å². The predicted molar refractivity (Wildman–Crippen MR) is 142 cm³/mol. The van der Waals surface area contributed by atoms with Gasteiger partial charge in [0.25, 0.3) is 0 Å². The molecule has 15 atom stereocenters. The van der Waals surface area contributed by atoms with Crippen LogP contribution in [0.1, 0.15) is 5.56 Å². The van der Waals surface area contributed by atoms with Crippen LogP contribution in [0.15, 0.2) is 30.3 Å². The highest BCUT2D eigenvalue weighted by atomic mass is 19.1. The van der Waals surface area contributed by atoms with Crippen LogP contribution in [0, 0.1) is 0 Å². The Morgan fingerprint density at radius 2 is 1.23 bits per heavy atom. The molecule has 0 aromatic heterocycles. The second-order valence-corrected chi connectivity index (χ2v) is 10.7. The van der Waals surface area contributed by atoms with E-state index >= 15 is 4.39 Å². The summed E-state index contributed by atoms with van der Waals surface area (Å²) in [6, 6.07) is 8.79. The van der Waals surface area contributed by atoms with Crippen LogP contribution in [0.2, 0.25) is 0 Å². The van der Waals surface area contributed by atoms with Gasteiger partial charge in [-0.15, -0.1) is 0 Å². The standard InChI is InChI=1S/C27H42FNO15/c28-16-24(44-27-22(37)20(35)18(33)14(9-31)42-27)23(39-10-12-4-2-1-3-5-12)15(43-25(16)38-7-6-29)11-40-26-21(36)19(34)17(32)13(8-30)41-26/h1-5,13-27,30-37H,6-11,29H2/t13-,14-,15-,16-,17-,18-,19+,20+,21+,22+,23-,24-,25-,26+,27-/m1/s1. The summed E-state index contributed by atoms with van der Waals surface area (Å²) in [5, 5.41) is 80.8. The minimum absolute atomic E-state index is 0.00475. The van der Waals surface area contributed by atoms with Crippen LogP contribution in [0.25, 0.3) is 0 Å². The molecule has 0 aliphatic carbocycles. The molecule has 3 aliphatic heterocycles. The summed E-state index contributed by atoms with van der Waals surface area (Å²) in [6.07, 6.45) is -24.3. The van der Waals surface area contributed by atoms with Crippen LogP contribution in [-0.4, -0.2) is 166 Å². The lowest BCUT2D eigenvalue weighted by molar-refractivity contribution is -0.363. The first-order valence-electron chi connectivity index (χ1n) is 14.3. The van der Waals surface area contributed by atoms with Crippen LogP contribution in [0.4, 0.5) is 4.39 Å². The Hall–Kier alpha value is -1.49. The van der Waals surface area contributed by atoms with Crippen LogP contribution in [-0.2, 0) is 39.8 Å². The zero-order valence-corrected chi connectivity index (χ0v) is 23.7. The number of benzene rings is 1. The molecular formula is C27H42FNO15. The quantitative estimate of drug-likeness (QED) is 0.0988. The van der Waals surface area contributed by atoms with Crippen LogP contribution >= 0.6 is 0 Å². The average Bonchev–Trinajstić information content (AvgIpc) is 3.03. The first kappa shape index (κ1) is 35.4. The van der Waals surface area contributed by atoms with E-state index < -0.39 is 112 Å². The van der Waals surface area contributed by atoms with E-state index in [1.165, 1.54) is 0 Å². The molecule has 1 aromatic rings. The number of alkyl halides is 1. The fourth-order valence-electron chi connectivity index (χ4n) is 5.17. The van der Waals surface area contributed by atoms with Crippen molar-refractivity contribution in [1.29, 1.82) is 0 Å². The molecular weight excluding hydrogens is 597 g/mol. The Labute approximate surface area is 252 Å². The van der Waals surface area contributed by atoms with E-state index in [2.05, 4.69) is 0 Å². The van der Waals surface area contributed by atoms with E-state index in [4.69, 9.17) is 38.9 Å². The lowest BCUT2D eigenvalue weighted by Crippen LogP contribution is -2.65. The number of nitrogens with two attached hydrogens (primary N) is 1. The number of halogens is 1. The van der Waals surface area contributed by atoms with Gasteiger partial charge in [0.1, 0.15) is 67.1 Å². The highest BCUT2D eigenvalue weighted by Gasteiger charge is 2.53. The van der Waals surface area contributed by atoms with E-state index in [0.29, 0.717) is 5.56 Å². The number of hydrogen-bond acceptors (Lipinski definition) is 16. The Morgan fingerprint density at radius 3 is 1.82 bits per heavy atom. The van der Waals surface area contributed by atoms with Crippen LogP contribution in [0.5, 0.6) is 0 Å². The molecule has 3 aliphatic rings. The molecule has 0 radical (unpaired) electrons. The van der Waals surface area contributed by atoms with Gasteiger partial charge in [-0.25, -0.2) is 4.39 Å². The average molecular weight is 640 g/mol. The van der Waals surface area contributed by atoms with Gasteiger partial charge in [-0.3, -0.25) is 0 Å². The molecule has 0 unspecified atom stereocenters. The molecule has 0 bridgehead atoms. The van der Waals surface area contributed by atoms with Crippen molar-refractivity contribution in [3.63, 3.8) is 0 Å². The molecule has 1 aromatic carbocycles. The van der Waals surface area contributed by atoms with Gasteiger partial charge in [0, 0.05) is 6.54 Å². The minimum Gasteiger partial charge on any atom is -0.394 e. The number of hydrogen-bond donors (Lipinski definition) is 9. The van der Waals surface area contributed by atoms with E-state index in [-0.39, 0.29) is 19.8 Å². The summed E-state index contributed by atoms with van der Waals surface area (Å²) in [5.41, 5.74) is 6.21. The third kappa shape index (κ3) is 8.07. The Kier molecular flexibility index (Phi) is 13.2. The number of aliphatic hydroxyl groups excluding tert-OH is 8. The van der Waals surface area contributed by atoms with Crippen molar-refractivity contribution in [1.82, 2.24) is 0 Å². The summed E-state index contributed by atoms with van der Waals surface area (Å²) >= 11 is 0. The molecule has 0 amide bonds. The van der Waals surface area contributed by atoms with Gasteiger partial charge in [-0.05, 0) is 5.56 Å². The fraction of sp³-hybridized carbons (Fsp3) is 0.778. The summed E-state index contributed by atoms with van der Waals surface area (Å²) in [6.45, 7) is -2.14. The summed E-state index contributed by atoms with van der Waals surface area (Å²) in [5.74, 6) is 0. The number of ether oxygens (including phenoxy) is 7. The third-order valence-electron chi connectivity index (χ3n) is 7.67. The maximum Gasteiger partial charge on any atom is 0.192 e.